The summed E-state index contributed by atoms with van der Waals surface area (Å²) >= 11 is 0. The highest BCUT2D eigenvalue weighted by atomic mass is 16.5. The van der Waals surface area contributed by atoms with E-state index in [0.717, 1.165) is 0 Å². The molecule has 84 valence electrons. The van der Waals surface area contributed by atoms with E-state index in [1.165, 1.54) is 32.0 Å². The van der Waals surface area contributed by atoms with Crippen molar-refractivity contribution in [3.63, 3.8) is 0 Å². The van der Waals surface area contributed by atoms with Gasteiger partial charge in [-0.2, -0.15) is 0 Å². The lowest BCUT2D eigenvalue weighted by atomic mass is 9.52. The topological polar surface area (TPSA) is 9.23 Å². The van der Waals surface area contributed by atoms with Crippen molar-refractivity contribution in [1.82, 2.24) is 0 Å². The molecule has 0 N–H and O–H groups in total. The predicted octanol–water partition coefficient (Wildman–Crippen LogP) is 3.85. The fourth-order valence-corrected chi connectivity index (χ4v) is 2.63. The molecule has 0 unspecified atom stereocenters. The maximum Gasteiger partial charge on any atom is 0.323 e. The van der Waals surface area contributed by atoms with Crippen molar-refractivity contribution in [2.75, 3.05) is 0 Å². The highest BCUT2D eigenvalue weighted by Crippen LogP contribution is 2.47. The summed E-state index contributed by atoms with van der Waals surface area (Å²) in [5.41, 5.74) is 1.89. The molecular formula is C13H23BO. The second-order valence-electron chi connectivity index (χ2n) is 6.23. The predicted molar refractivity (Wildman–Crippen MR) is 66.1 cm³/mol. The zero-order valence-corrected chi connectivity index (χ0v) is 10.6. The van der Waals surface area contributed by atoms with E-state index in [4.69, 9.17) is 4.65 Å². The Morgan fingerprint density at radius 1 is 1.20 bits per heavy atom. The van der Waals surface area contributed by atoms with Gasteiger partial charge in [-0.15, -0.1) is 0 Å². The second-order valence-corrected chi connectivity index (χ2v) is 6.23. The van der Waals surface area contributed by atoms with Crippen LogP contribution < -0.4 is 0 Å². The minimum atomic E-state index is 0.0238. The molecule has 2 aliphatic rings. The Bertz CT molecular complexity index is 262. The lowest BCUT2D eigenvalue weighted by molar-refractivity contribution is 0.0369. The zero-order valence-electron chi connectivity index (χ0n) is 10.6. The van der Waals surface area contributed by atoms with Gasteiger partial charge in [-0.1, -0.05) is 25.4 Å². The average molecular weight is 206 g/mol. The van der Waals surface area contributed by atoms with Crippen molar-refractivity contribution in [3.05, 3.63) is 11.5 Å². The van der Waals surface area contributed by atoms with Crippen LogP contribution in [0.1, 0.15) is 53.4 Å². The monoisotopic (exact) mass is 206 g/mol. The van der Waals surface area contributed by atoms with Gasteiger partial charge in [-0.25, -0.2) is 0 Å². The molecule has 0 bridgehead atoms. The molecule has 1 fully saturated rings. The fraction of sp³-hybridized carbons (Fsp3) is 0.846. The fourth-order valence-electron chi connectivity index (χ4n) is 2.63. The molecule has 0 atom stereocenters. The maximum atomic E-state index is 6.24. The first kappa shape index (κ1) is 11.3. The lowest BCUT2D eigenvalue weighted by Gasteiger charge is -2.34. The van der Waals surface area contributed by atoms with Crippen molar-refractivity contribution >= 4 is 6.92 Å². The highest BCUT2D eigenvalue weighted by Gasteiger charge is 2.50. The Morgan fingerprint density at radius 3 is 2.40 bits per heavy atom. The minimum absolute atomic E-state index is 0.0238. The standard InChI is InChI=1S/C13H23BO/c1-12(2)10-14(15-13(12,3)4)11-8-6-5-7-9-11/h8H,5-7,9-10H2,1-4H3. The normalized spacial score (nSPS) is 29.1. The SMILES string of the molecule is CC1(C)CB(C2=CCCCC2)OC1(C)C. The molecule has 1 aliphatic heterocycles. The Labute approximate surface area is 94.4 Å². The van der Waals surface area contributed by atoms with Gasteiger partial charge in [-0.05, 0) is 51.3 Å². The van der Waals surface area contributed by atoms with E-state index >= 15 is 0 Å². The van der Waals surface area contributed by atoms with Crippen LogP contribution in [0.2, 0.25) is 6.32 Å². The molecule has 0 amide bonds. The lowest BCUT2D eigenvalue weighted by Crippen LogP contribution is -2.34. The summed E-state index contributed by atoms with van der Waals surface area (Å²) in [7, 11) is 0. The van der Waals surface area contributed by atoms with E-state index in [1.54, 1.807) is 5.47 Å². The van der Waals surface area contributed by atoms with E-state index in [0.29, 0.717) is 12.3 Å². The van der Waals surface area contributed by atoms with Gasteiger partial charge in [0.05, 0.1) is 5.60 Å². The molecule has 0 radical (unpaired) electrons. The van der Waals surface area contributed by atoms with Crippen molar-refractivity contribution in [3.8, 4) is 0 Å². The zero-order chi connectivity index (χ0) is 11.1. The van der Waals surface area contributed by atoms with Crippen LogP contribution in [0.3, 0.4) is 0 Å². The molecule has 1 nitrogen and oxygen atoms in total. The van der Waals surface area contributed by atoms with Gasteiger partial charge in [0.2, 0.25) is 0 Å². The van der Waals surface area contributed by atoms with Gasteiger partial charge in [0, 0.05) is 0 Å². The number of rotatable bonds is 1. The number of hydrogen-bond acceptors (Lipinski definition) is 1. The van der Waals surface area contributed by atoms with Crippen LogP contribution in [0, 0.1) is 5.41 Å². The summed E-state index contributed by atoms with van der Waals surface area (Å²) in [6.45, 7) is 9.52. The molecule has 15 heavy (non-hydrogen) atoms. The third kappa shape index (κ3) is 2.01. The number of allylic oxidation sites excluding steroid dienone is 2. The van der Waals surface area contributed by atoms with Crippen LogP contribution in [-0.4, -0.2) is 12.5 Å². The first-order valence-corrected chi connectivity index (χ1v) is 6.29. The molecule has 1 heterocycles. The maximum absolute atomic E-state index is 6.24. The summed E-state index contributed by atoms with van der Waals surface area (Å²) in [6, 6.07) is 0. The van der Waals surface area contributed by atoms with E-state index in [1.807, 2.05) is 0 Å². The third-order valence-corrected chi connectivity index (χ3v) is 4.50. The Balaban J connectivity index is 2.12. The largest absolute Gasteiger partial charge is 0.426 e. The Kier molecular flexibility index (Phi) is 2.74. The molecule has 0 aromatic heterocycles. The van der Waals surface area contributed by atoms with Crippen LogP contribution in [-0.2, 0) is 4.65 Å². The second kappa shape index (κ2) is 3.66. The summed E-state index contributed by atoms with van der Waals surface area (Å²) in [5, 5.41) is 0. The Morgan fingerprint density at radius 2 is 1.93 bits per heavy atom. The molecule has 0 aromatic rings. The van der Waals surface area contributed by atoms with E-state index < -0.39 is 0 Å². The summed E-state index contributed by atoms with van der Waals surface area (Å²) < 4.78 is 6.24. The van der Waals surface area contributed by atoms with Crippen molar-refractivity contribution in [2.24, 2.45) is 5.41 Å². The smallest absolute Gasteiger partial charge is 0.323 e. The highest BCUT2D eigenvalue weighted by molar-refractivity contribution is 6.61. The summed E-state index contributed by atoms with van der Waals surface area (Å²) in [6.07, 6.45) is 8.85. The Hall–Kier alpha value is -0.235. The minimum Gasteiger partial charge on any atom is -0.426 e. The average Bonchev–Trinajstić information content (AvgIpc) is 2.38. The van der Waals surface area contributed by atoms with E-state index in [2.05, 4.69) is 33.8 Å². The van der Waals surface area contributed by atoms with Crippen molar-refractivity contribution in [2.45, 2.75) is 65.3 Å². The summed E-state index contributed by atoms with van der Waals surface area (Å²) in [5.74, 6) is 0. The van der Waals surface area contributed by atoms with Gasteiger partial charge in [0.15, 0.2) is 0 Å². The molecular weight excluding hydrogens is 183 g/mol. The van der Waals surface area contributed by atoms with Crippen molar-refractivity contribution in [1.29, 1.82) is 0 Å². The third-order valence-electron chi connectivity index (χ3n) is 4.50. The molecule has 1 aliphatic carbocycles. The quantitative estimate of drug-likeness (QED) is 0.592. The van der Waals surface area contributed by atoms with Gasteiger partial charge < -0.3 is 4.65 Å². The van der Waals surface area contributed by atoms with Crippen LogP contribution in [0.4, 0.5) is 0 Å². The van der Waals surface area contributed by atoms with Gasteiger partial charge in [0.25, 0.3) is 0 Å². The first-order chi connectivity index (χ1) is 6.92. The van der Waals surface area contributed by atoms with E-state index in [-0.39, 0.29) is 5.60 Å². The molecule has 2 rings (SSSR count). The van der Waals surface area contributed by atoms with Gasteiger partial charge >= 0.3 is 6.92 Å². The van der Waals surface area contributed by atoms with Gasteiger partial charge in [-0.3, -0.25) is 0 Å². The first-order valence-electron chi connectivity index (χ1n) is 6.29. The molecule has 0 spiro atoms. The summed E-state index contributed by atoms with van der Waals surface area (Å²) in [4.78, 5) is 0. The molecule has 0 aromatic carbocycles. The molecule has 2 heteroatoms. The molecule has 1 saturated heterocycles. The van der Waals surface area contributed by atoms with E-state index in [9.17, 15) is 0 Å². The van der Waals surface area contributed by atoms with Crippen LogP contribution in [0.15, 0.2) is 11.5 Å². The van der Waals surface area contributed by atoms with Crippen molar-refractivity contribution < 1.29 is 4.65 Å². The van der Waals surface area contributed by atoms with Crippen LogP contribution in [0.25, 0.3) is 0 Å². The number of hydrogen-bond donors (Lipinski definition) is 0. The molecule has 0 saturated carbocycles. The van der Waals surface area contributed by atoms with Crippen LogP contribution in [0.5, 0.6) is 0 Å². The van der Waals surface area contributed by atoms with Crippen LogP contribution >= 0.6 is 0 Å². The van der Waals surface area contributed by atoms with Gasteiger partial charge in [0.1, 0.15) is 0 Å².